The predicted octanol–water partition coefficient (Wildman–Crippen LogP) is 3.80. The van der Waals surface area contributed by atoms with Crippen LogP contribution in [0.5, 0.6) is 0 Å². The number of amides is 1. The number of thioether (sulfide) groups is 1. The third kappa shape index (κ3) is 4.32. The summed E-state index contributed by atoms with van der Waals surface area (Å²) in [6.45, 7) is 0. The van der Waals surface area contributed by atoms with Crippen LogP contribution in [-0.4, -0.2) is 45.1 Å². The van der Waals surface area contributed by atoms with Gasteiger partial charge in [0, 0.05) is 43.4 Å². The van der Waals surface area contributed by atoms with E-state index >= 15 is 0 Å². The summed E-state index contributed by atoms with van der Waals surface area (Å²) in [6, 6.07) is 1.24. The topological polar surface area (TPSA) is 51.0 Å². The number of carbonyl (C=O) groups excluding carboxylic acids is 1. The van der Waals surface area contributed by atoms with Crippen molar-refractivity contribution < 1.29 is 18.0 Å². The molecule has 0 aliphatic heterocycles. The van der Waals surface area contributed by atoms with Crippen molar-refractivity contribution in [1.82, 2.24) is 14.8 Å². The van der Waals surface area contributed by atoms with Crippen LogP contribution in [0.4, 0.5) is 18.9 Å². The molecule has 0 aromatic carbocycles. The van der Waals surface area contributed by atoms with Crippen LogP contribution < -0.4 is 4.90 Å². The van der Waals surface area contributed by atoms with Crippen molar-refractivity contribution in [3.05, 3.63) is 35.6 Å². The molecule has 1 unspecified atom stereocenters. The molecular formula is C16H16ClF3N4OS. The average Bonchev–Trinajstić information content (AvgIpc) is 3.01. The van der Waals surface area contributed by atoms with E-state index in [1.165, 1.54) is 39.8 Å². The van der Waals surface area contributed by atoms with Crippen molar-refractivity contribution in [2.45, 2.75) is 18.8 Å². The number of rotatable bonds is 7. The van der Waals surface area contributed by atoms with Crippen LogP contribution in [0, 0.1) is 11.7 Å². The van der Waals surface area contributed by atoms with E-state index in [-0.39, 0.29) is 23.9 Å². The lowest BCUT2D eigenvalue weighted by molar-refractivity contribution is -0.117. The van der Waals surface area contributed by atoms with E-state index in [2.05, 4.69) is 10.1 Å². The predicted molar refractivity (Wildman–Crippen MR) is 94.7 cm³/mol. The average molecular weight is 405 g/mol. The van der Waals surface area contributed by atoms with Gasteiger partial charge >= 0.3 is 0 Å². The summed E-state index contributed by atoms with van der Waals surface area (Å²) < 4.78 is 40.2. The molecular weight excluding hydrogens is 389 g/mol. The number of hydrogen-bond acceptors (Lipinski definition) is 4. The van der Waals surface area contributed by atoms with E-state index in [9.17, 15) is 18.0 Å². The molecule has 1 atom stereocenters. The molecule has 26 heavy (non-hydrogen) atoms. The van der Waals surface area contributed by atoms with Crippen molar-refractivity contribution >= 4 is 35.0 Å². The minimum atomic E-state index is -2.53. The highest BCUT2D eigenvalue weighted by Crippen LogP contribution is 2.50. The van der Waals surface area contributed by atoms with Gasteiger partial charge in [0.1, 0.15) is 11.5 Å². The van der Waals surface area contributed by atoms with Crippen LogP contribution in [0.1, 0.15) is 12.8 Å². The lowest BCUT2D eigenvalue weighted by atomic mass is 10.4. The van der Waals surface area contributed by atoms with Gasteiger partial charge < -0.3 is 4.90 Å². The second-order valence-electron chi connectivity index (χ2n) is 6.05. The molecule has 1 aliphatic carbocycles. The van der Waals surface area contributed by atoms with Crippen molar-refractivity contribution in [2.75, 3.05) is 23.5 Å². The number of nitrogens with zero attached hydrogens (tertiary/aromatic N) is 4. The maximum absolute atomic E-state index is 13.3. The zero-order valence-electron chi connectivity index (χ0n) is 13.8. The third-order valence-corrected chi connectivity index (χ3v) is 5.48. The van der Waals surface area contributed by atoms with Gasteiger partial charge in [-0.15, -0.1) is 0 Å². The van der Waals surface area contributed by atoms with Crippen LogP contribution in [0.3, 0.4) is 0 Å². The molecule has 1 aliphatic rings. The van der Waals surface area contributed by atoms with Crippen molar-refractivity contribution in [3.8, 4) is 5.69 Å². The largest absolute Gasteiger partial charge is 0.311 e. The lowest BCUT2D eigenvalue weighted by Gasteiger charge is -2.15. The van der Waals surface area contributed by atoms with Crippen LogP contribution in [0.25, 0.3) is 5.69 Å². The number of alkyl halides is 2. The second-order valence-corrected chi connectivity index (χ2v) is 7.56. The minimum absolute atomic E-state index is 0.0580. The first-order chi connectivity index (χ1) is 12.3. The molecule has 0 saturated heterocycles. The van der Waals surface area contributed by atoms with Crippen LogP contribution in [0.15, 0.2) is 24.7 Å². The molecule has 0 spiro atoms. The van der Waals surface area contributed by atoms with E-state index in [0.717, 1.165) is 6.20 Å². The van der Waals surface area contributed by atoms with Gasteiger partial charge in [0.05, 0.1) is 24.3 Å². The Bertz CT molecular complexity index is 817. The zero-order chi connectivity index (χ0) is 18.9. The number of halogens is 4. The Labute approximate surface area is 157 Å². The second kappa shape index (κ2) is 7.48. The molecule has 10 heteroatoms. The summed E-state index contributed by atoms with van der Waals surface area (Å²) in [6.07, 6.45) is 4.14. The molecule has 3 rings (SSSR count). The van der Waals surface area contributed by atoms with Crippen molar-refractivity contribution in [2.24, 2.45) is 5.92 Å². The fraction of sp³-hybridized carbons (Fsp3) is 0.438. The first-order valence-electron chi connectivity index (χ1n) is 7.86. The van der Waals surface area contributed by atoms with Crippen LogP contribution in [-0.2, 0) is 4.79 Å². The highest BCUT2D eigenvalue weighted by atomic mass is 35.5. The molecule has 0 N–H and O–H groups in total. The summed E-state index contributed by atoms with van der Waals surface area (Å²) >= 11 is 7.43. The molecule has 2 aromatic rings. The third-order valence-electron chi connectivity index (χ3n) is 4.08. The van der Waals surface area contributed by atoms with Crippen LogP contribution >= 0.6 is 23.4 Å². The molecule has 1 saturated carbocycles. The quantitative estimate of drug-likeness (QED) is 0.659. The molecule has 0 radical (unpaired) electrons. The fourth-order valence-electron chi connectivity index (χ4n) is 2.36. The summed E-state index contributed by atoms with van der Waals surface area (Å²) in [5.41, 5.74) is 0.750. The number of hydrogen-bond donors (Lipinski definition) is 0. The molecule has 2 heterocycles. The van der Waals surface area contributed by atoms with Crippen molar-refractivity contribution in [1.29, 1.82) is 0 Å². The fourth-order valence-corrected chi connectivity index (χ4v) is 3.75. The van der Waals surface area contributed by atoms with Gasteiger partial charge in [0.15, 0.2) is 5.15 Å². The van der Waals surface area contributed by atoms with Gasteiger partial charge in [-0.25, -0.2) is 17.9 Å². The summed E-state index contributed by atoms with van der Waals surface area (Å²) in [5, 5.41) is 4.16. The Morgan fingerprint density at radius 2 is 2.23 bits per heavy atom. The Morgan fingerprint density at radius 3 is 2.88 bits per heavy atom. The monoisotopic (exact) mass is 404 g/mol. The molecule has 0 bridgehead atoms. The van der Waals surface area contributed by atoms with Gasteiger partial charge in [0.25, 0.3) is 5.92 Å². The smallest absolute Gasteiger partial charge is 0.252 e. The normalized spacial score (nSPS) is 18.0. The first-order valence-corrected chi connectivity index (χ1v) is 9.39. The van der Waals surface area contributed by atoms with Gasteiger partial charge in [-0.05, 0) is 0 Å². The van der Waals surface area contributed by atoms with Gasteiger partial charge in [0.2, 0.25) is 5.91 Å². The molecule has 1 amide bonds. The number of anilines is 1. The van der Waals surface area contributed by atoms with E-state index in [4.69, 9.17) is 11.6 Å². The lowest BCUT2D eigenvalue weighted by Crippen LogP contribution is -2.26. The highest BCUT2D eigenvalue weighted by Gasteiger charge is 2.56. The van der Waals surface area contributed by atoms with Crippen LogP contribution in [0.2, 0.25) is 5.15 Å². The maximum atomic E-state index is 13.3. The van der Waals surface area contributed by atoms with Gasteiger partial charge in [-0.1, -0.05) is 11.6 Å². The van der Waals surface area contributed by atoms with Gasteiger partial charge in [-0.3, -0.25) is 9.78 Å². The standard InChI is InChI=1S/C16H16ClF3N4OS/c1-23(14(25)2-3-26-9-10-5-16(10,19)20)13-8-24(22-15(13)17)12-4-11(18)6-21-7-12/h4,6-8,10H,2-3,5,9H2,1H3. The van der Waals surface area contributed by atoms with E-state index in [1.54, 1.807) is 7.05 Å². The van der Waals surface area contributed by atoms with E-state index in [0.29, 0.717) is 22.9 Å². The maximum Gasteiger partial charge on any atom is 0.252 e. The summed E-state index contributed by atoms with van der Waals surface area (Å²) in [4.78, 5) is 17.4. The Balaban J connectivity index is 1.57. The Kier molecular flexibility index (Phi) is 5.47. The number of pyridine rings is 1. The van der Waals surface area contributed by atoms with E-state index in [1.807, 2.05) is 0 Å². The molecule has 140 valence electrons. The SMILES string of the molecule is CN(C(=O)CCSCC1CC1(F)F)c1cn(-c2cncc(F)c2)nc1Cl. The van der Waals surface area contributed by atoms with E-state index < -0.39 is 17.7 Å². The Hall–Kier alpha value is -1.74. The Morgan fingerprint density at radius 1 is 1.50 bits per heavy atom. The zero-order valence-corrected chi connectivity index (χ0v) is 15.4. The highest BCUT2D eigenvalue weighted by molar-refractivity contribution is 7.99. The summed E-state index contributed by atoms with van der Waals surface area (Å²) in [5.74, 6) is -3.00. The first kappa shape index (κ1) is 19.0. The van der Waals surface area contributed by atoms with Gasteiger partial charge in [-0.2, -0.15) is 16.9 Å². The number of carbonyl (C=O) groups is 1. The minimum Gasteiger partial charge on any atom is -0.311 e. The number of aromatic nitrogens is 3. The molecule has 2 aromatic heterocycles. The molecule has 5 nitrogen and oxygen atoms in total. The molecule has 1 fully saturated rings. The van der Waals surface area contributed by atoms with Crippen molar-refractivity contribution in [3.63, 3.8) is 0 Å². The summed E-state index contributed by atoms with van der Waals surface area (Å²) in [7, 11) is 1.55.